The van der Waals surface area contributed by atoms with Gasteiger partial charge in [0.15, 0.2) is 0 Å². The number of ether oxygens (including phenoxy) is 1. The summed E-state index contributed by atoms with van der Waals surface area (Å²) in [4.78, 5) is 11.3. The molecule has 0 aliphatic rings. The van der Waals surface area contributed by atoms with E-state index in [1.54, 1.807) is 31.4 Å². The summed E-state index contributed by atoms with van der Waals surface area (Å²) < 4.78 is 5.15. The number of benzene rings is 2. The smallest absolute Gasteiger partial charge is 0.336 e. The Morgan fingerprint density at radius 1 is 1.10 bits per heavy atom. The van der Waals surface area contributed by atoms with Gasteiger partial charge < -0.3 is 9.84 Å². The summed E-state index contributed by atoms with van der Waals surface area (Å²) in [5.41, 5.74) is 1.89. The summed E-state index contributed by atoms with van der Waals surface area (Å²) >= 11 is 0. The quantitative estimate of drug-likeness (QED) is 0.668. The molecule has 21 heavy (non-hydrogen) atoms. The van der Waals surface area contributed by atoms with Crippen LogP contribution in [0.4, 0.5) is 0 Å². The lowest BCUT2D eigenvalue weighted by atomic mass is 10.1. The van der Waals surface area contributed by atoms with E-state index >= 15 is 0 Å². The number of carbonyl (C=O) groups is 1. The van der Waals surface area contributed by atoms with Gasteiger partial charge >= 0.3 is 5.97 Å². The lowest BCUT2D eigenvalue weighted by Gasteiger charge is -2.01. The molecule has 0 heterocycles. The van der Waals surface area contributed by atoms with Gasteiger partial charge in [0.25, 0.3) is 0 Å². The van der Waals surface area contributed by atoms with Gasteiger partial charge in [0.1, 0.15) is 5.75 Å². The molecular formula is C18H16O3. The van der Waals surface area contributed by atoms with Crippen molar-refractivity contribution in [1.82, 2.24) is 0 Å². The molecule has 0 aliphatic heterocycles. The Kier molecular flexibility index (Phi) is 4.94. The molecule has 0 amide bonds. The van der Waals surface area contributed by atoms with Crippen molar-refractivity contribution in [3.8, 4) is 5.75 Å². The standard InChI is InChI=1S/C18H16O3/c1-21-16-11-5-7-14(13-16)8-6-12-17(18(19)20)15-9-3-2-4-10-15/h2-13H,1H3,(H,19,20)/b8-6+,17-12-. The first-order chi connectivity index (χ1) is 10.2. The number of hydrogen-bond donors (Lipinski definition) is 1. The fraction of sp³-hybridized carbons (Fsp3) is 0.0556. The summed E-state index contributed by atoms with van der Waals surface area (Å²) in [5.74, 6) is -0.181. The van der Waals surface area contributed by atoms with Crippen LogP contribution >= 0.6 is 0 Å². The molecule has 2 aromatic carbocycles. The second kappa shape index (κ2) is 7.10. The van der Waals surface area contributed by atoms with Crippen LogP contribution in [-0.2, 0) is 4.79 Å². The predicted octanol–water partition coefficient (Wildman–Crippen LogP) is 3.88. The van der Waals surface area contributed by atoms with E-state index in [0.717, 1.165) is 11.3 Å². The maximum absolute atomic E-state index is 11.3. The van der Waals surface area contributed by atoms with Gasteiger partial charge in [-0.05, 0) is 29.3 Å². The van der Waals surface area contributed by atoms with Crippen LogP contribution in [0.3, 0.4) is 0 Å². The summed E-state index contributed by atoms with van der Waals surface area (Å²) in [6.45, 7) is 0. The van der Waals surface area contributed by atoms with Gasteiger partial charge in [0, 0.05) is 0 Å². The van der Waals surface area contributed by atoms with Gasteiger partial charge in [0.05, 0.1) is 12.7 Å². The van der Waals surface area contributed by atoms with E-state index in [1.165, 1.54) is 0 Å². The molecule has 1 N–H and O–H groups in total. The molecule has 0 spiro atoms. The van der Waals surface area contributed by atoms with Crippen LogP contribution in [-0.4, -0.2) is 18.2 Å². The van der Waals surface area contributed by atoms with E-state index in [0.29, 0.717) is 5.56 Å². The molecule has 106 valence electrons. The number of aliphatic carboxylic acids is 1. The van der Waals surface area contributed by atoms with Crippen LogP contribution in [0.25, 0.3) is 11.6 Å². The SMILES string of the molecule is COc1cccc(/C=C/C=C(\C(=O)O)c2ccccc2)c1. The first-order valence-corrected chi connectivity index (χ1v) is 6.52. The molecule has 0 unspecified atom stereocenters. The zero-order valence-corrected chi connectivity index (χ0v) is 11.7. The van der Waals surface area contributed by atoms with Gasteiger partial charge in [-0.2, -0.15) is 0 Å². The van der Waals surface area contributed by atoms with Crippen molar-refractivity contribution in [3.05, 3.63) is 77.9 Å². The second-order valence-electron chi connectivity index (χ2n) is 4.39. The molecule has 3 nitrogen and oxygen atoms in total. The van der Waals surface area contributed by atoms with Crippen molar-refractivity contribution >= 4 is 17.6 Å². The molecular weight excluding hydrogens is 264 g/mol. The van der Waals surface area contributed by atoms with E-state index < -0.39 is 5.97 Å². The molecule has 0 atom stereocenters. The Labute approximate surface area is 123 Å². The number of allylic oxidation sites excluding steroid dienone is 2. The molecule has 2 aromatic rings. The monoisotopic (exact) mass is 280 g/mol. The van der Waals surface area contributed by atoms with E-state index in [1.807, 2.05) is 48.5 Å². The maximum atomic E-state index is 11.3. The highest BCUT2D eigenvalue weighted by atomic mass is 16.5. The molecule has 0 aliphatic carbocycles. The van der Waals surface area contributed by atoms with E-state index in [2.05, 4.69) is 0 Å². The van der Waals surface area contributed by atoms with E-state index in [-0.39, 0.29) is 5.57 Å². The molecule has 2 rings (SSSR count). The number of rotatable bonds is 5. The van der Waals surface area contributed by atoms with Crippen molar-refractivity contribution in [2.75, 3.05) is 7.11 Å². The van der Waals surface area contributed by atoms with Gasteiger partial charge in [-0.25, -0.2) is 4.79 Å². The van der Waals surface area contributed by atoms with Crippen molar-refractivity contribution in [2.24, 2.45) is 0 Å². The van der Waals surface area contributed by atoms with Crippen molar-refractivity contribution < 1.29 is 14.6 Å². The van der Waals surface area contributed by atoms with Gasteiger partial charge in [-0.15, -0.1) is 0 Å². The Hall–Kier alpha value is -2.81. The lowest BCUT2D eigenvalue weighted by Crippen LogP contribution is -1.98. The van der Waals surface area contributed by atoms with Gasteiger partial charge in [0.2, 0.25) is 0 Å². The molecule has 0 saturated heterocycles. The summed E-state index contributed by atoms with van der Waals surface area (Å²) in [7, 11) is 1.61. The molecule has 3 heteroatoms. The molecule has 0 fully saturated rings. The van der Waals surface area contributed by atoms with Crippen LogP contribution in [0.5, 0.6) is 5.75 Å². The number of hydrogen-bond acceptors (Lipinski definition) is 2. The third kappa shape index (κ3) is 4.08. The minimum atomic E-state index is -0.948. The highest BCUT2D eigenvalue weighted by Crippen LogP contribution is 2.16. The summed E-state index contributed by atoms with van der Waals surface area (Å²) in [5, 5.41) is 9.28. The number of methoxy groups -OCH3 is 1. The summed E-state index contributed by atoms with van der Waals surface area (Å²) in [6.07, 6.45) is 5.16. The van der Waals surface area contributed by atoms with Crippen LogP contribution < -0.4 is 4.74 Å². The van der Waals surface area contributed by atoms with Crippen molar-refractivity contribution in [2.45, 2.75) is 0 Å². The first kappa shape index (κ1) is 14.6. The van der Waals surface area contributed by atoms with Gasteiger partial charge in [-0.1, -0.05) is 54.6 Å². The van der Waals surface area contributed by atoms with Crippen LogP contribution in [0.15, 0.2) is 66.7 Å². The van der Waals surface area contributed by atoms with Crippen LogP contribution in [0.2, 0.25) is 0 Å². The maximum Gasteiger partial charge on any atom is 0.336 e. The third-order valence-corrected chi connectivity index (χ3v) is 2.96. The number of carboxylic acid groups (broad SMARTS) is 1. The van der Waals surface area contributed by atoms with E-state index in [4.69, 9.17) is 4.74 Å². The normalized spacial score (nSPS) is 11.6. The minimum absolute atomic E-state index is 0.259. The van der Waals surface area contributed by atoms with Crippen LogP contribution in [0, 0.1) is 0 Å². The topological polar surface area (TPSA) is 46.5 Å². The Morgan fingerprint density at radius 2 is 1.86 bits per heavy atom. The molecule has 0 aromatic heterocycles. The third-order valence-electron chi connectivity index (χ3n) is 2.96. The highest BCUT2D eigenvalue weighted by molar-refractivity contribution is 6.15. The Balaban J connectivity index is 2.24. The zero-order valence-electron chi connectivity index (χ0n) is 11.7. The fourth-order valence-electron chi connectivity index (χ4n) is 1.91. The minimum Gasteiger partial charge on any atom is -0.497 e. The second-order valence-corrected chi connectivity index (χ2v) is 4.39. The fourth-order valence-corrected chi connectivity index (χ4v) is 1.91. The largest absolute Gasteiger partial charge is 0.497 e. The lowest BCUT2D eigenvalue weighted by molar-refractivity contribution is -0.130. The van der Waals surface area contributed by atoms with Gasteiger partial charge in [-0.3, -0.25) is 0 Å². The van der Waals surface area contributed by atoms with Crippen molar-refractivity contribution in [1.29, 1.82) is 0 Å². The average molecular weight is 280 g/mol. The number of carboxylic acids is 1. The zero-order chi connectivity index (χ0) is 15.1. The average Bonchev–Trinajstić information content (AvgIpc) is 2.52. The molecule has 0 saturated carbocycles. The van der Waals surface area contributed by atoms with Crippen LogP contribution in [0.1, 0.15) is 11.1 Å². The Bertz CT molecular complexity index is 670. The van der Waals surface area contributed by atoms with E-state index in [9.17, 15) is 9.90 Å². The molecule has 0 bridgehead atoms. The summed E-state index contributed by atoms with van der Waals surface area (Å²) in [6, 6.07) is 16.6. The first-order valence-electron chi connectivity index (χ1n) is 6.52. The predicted molar refractivity (Wildman–Crippen MR) is 84.1 cm³/mol. The Morgan fingerprint density at radius 3 is 2.52 bits per heavy atom. The highest BCUT2D eigenvalue weighted by Gasteiger charge is 2.07. The van der Waals surface area contributed by atoms with Crippen molar-refractivity contribution in [3.63, 3.8) is 0 Å². The molecule has 0 radical (unpaired) electrons.